The monoisotopic (exact) mass is 763 g/mol. The maximum Gasteiger partial charge on any atom is 0.0715 e. The lowest BCUT2D eigenvalue weighted by atomic mass is 9.99. The molecule has 0 fully saturated rings. The first kappa shape index (κ1) is 34.1. The Balaban J connectivity index is 1.02. The summed E-state index contributed by atoms with van der Waals surface area (Å²) in [5.74, 6) is 0. The van der Waals surface area contributed by atoms with Crippen LogP contribution in [0.25, 0.3) is 111 Å². The van der Waals surface area contributed by atoms with E-state index in [4.69, 9.17) is 4.98 Å². The number of aromatic nitrogens is 3. The molecule has 3 aromatic heterocycles. The number of pyridine rings is 1. The molecule has 9 aromatic carbocycles. The molecule has 12 rings (SSSR count). The zero-order valence-electron chi connectivity index (χ0n) is 32.7. The molecule has 3 heteroatoms. The molecule has 3 nitrogen and oxygen atoms in total. The highest BCUT2D eigenvalue weighted by molar-refractivity contribution is 6.13. The Hall–Kier alpha value is -8.01. The molecular formula is C57H37N3. The number of rotatable bonds is 6. The molecule has 0 atom stereocenters. The van der Waals surface area contributed by atoms with Crippen molar-refractivity contribution in [2.45, 2.75) is 0 Å². The minimum Gasteiger partial charge on any atom is -0.309 e. The van der Waals surface area contributed by atoms with Crippen LogP contribution in [0.1, 0.15) is 0 Å². The third-order valence-corrected chi connectivity index (χ3v) is 12.1. The highest BCUT2D eigenvalue weighted by Gasteiger charge is 2.18. The summed E-state index contributed by atoms with van der Waals surface area (Å²) in [4.78, 5) is 5.15. The van der Waals surface area contributed by atoms with Gasteiger partial charge in [-0.3, -0.25) is 0 Å². The van der Waals surface area contributed by atoms with E-state index in [1.165, 1.54) is 71.2 Å². The van der Waals surface area contributed by atoms with Crippen molar-refractivity contribution in [3.05, 3.63) is 224 Å². The van der Waals surface area contributed by atoms with Gasteiger partial charge in [0.25, 0.3) is 0 Å². The number of nitrogens with zero attached hydrogens (tertiary/aromatic N) is 3. The Labute approximate surface area is 347 Å². The van der Waals surface area contributed by atoms with Gasteiger partial charge in [-0.2, -0.15) is 0 Å². The van der Waals surface area contributed by atoms with Crippen molar-refractivity contribution in [1.29, 1.82) is 0 Å². The molecule has 0 N–H and O–H groups in total. The predicted octanol–water partition coefficient (Wildman–Crippen LogP) is 15.1. The first-order chi connectivity index (χ1) is 29.7. The van der Waals surface area contributed by atoms with Crippen molar-refractivity contribution < 1.29 is 0 Å². The summed E-state index contributed by atoms with van der Waals surface area (Å²) in [6.45, 7) is 0. The summed E-state index contributed by atoms with van der Waals surface area (Å²) in [7, 11) is 0. The maximum atomic E-state index is 5.15. The third kappa shape index (κ3) is 5.55. The van der Waals surface area contributed by atoms with Gasteiger partial charge in [0.1, 0.15) is 0 Å². The topological polar surface area (TPSA) is 22.8 Å². The van der Waals surface area contributed by atoms with Gasteiger partial charge in [-0.05, 0) is 88.3 Å². The summed E-state index contributed by atoms with van der Waals surface area (Å²) in [5.41, 5.74) is 15.8. The largest absolute Gasteiger partial charge is 0.309 e. The molecule has 0 aliphatic rings. The second-order valence-electron chi connectivity index (χ2n) is 15.6. The molecule has 0 radical (unpaired) electrons. The standard InChI is InChI=1S/C57H37N3/c1-3-16-39(17-4-1)51-35-44(36-52(58-51)40-18-5-2-6-19-40)41-21-13-22-45(33-41)59-54-26-11-9-24-47(54)49-31-29-43(37-57(49)59)42-30-32-56-50(34-42)48-25-10-12-27-55(48)60(56)53-28-14-20-38-15-7-8-23-46(38)53/h1-37H. The zero-order chi connectivity index (χ0) is 39.6. The van der Waals surface area contributed by atoms with E-state index in [0.29, 0.717) is 0 Å². The molecule has 0 bridgehead atoms. The molecule has 3 heterocycles. The Kier molecular flexibility index (Phi) is 7.85. The molecule has 0 saturated carbocycles. The zero-order valence-corrected chi connectivity index (χ0v) is 32.7. The van der Waals surface area contributed by atoms with Gasteiger partial charge in [0.2, 0.25) is 0 Å². The first-order valence-corrected chi connectivity index (χ1v) is 20.5. The van der Waals surface area contributed by atoms with Gasteiger partial charge in [0.05, 0.1) is 39.1 Å². The Bertz CT molecular complexity index is 3530. The summed E-state index contributed by atoms with van der Waals surface area (Å²) < 4.78 is 4.86. The molecule has 0 aliphatic carbocycles. The van der Waals surface area contributed by atoms with Crippen molar-refractivity contribution in [1.82, 2.24) is 14.1 Å². The lowest BCUT2D eigenvalue weighted by Gasteiger charge is -2.13. The number of hydrogen-bond donors (Lipinski definition) is 0. The van der Waals surface area contributed by atoms with Crippen LogP contribution >= 0.6 is 0 Å². The lowest BCUT2D eigenvalue weighted by Crippen LogP contribution is -1.96. The van der Waals surface area contributed by atoms with E-state index in [1.807, 2.05) is 0 Å². The third-order valence-electron chi connectivity index (χ3n) is 12.1. The Morgan fingerprint density at radius 2 is 0.783 bits per heavy atom. The molecule has 280 valence electrons. The van der Waals surface area contributed by atoms with Crippen LogP contribution in [0.5, 0.6) is 0 Å². The van der Waals surface area contributed by atoms with Crippen LogP contribution in [0.4, 0.5) is 0 Å². The number of hydrogen-bond acceptors (Lipinski definition) is 1. The average Bonchev–Trinajstić information content (AvgIpc) is 3.84. The molecule has 0 amide bonds. The first-order valence-electron chi connectivity index (χ1n) is 20.5. The fraction of sp³-hybridized carbons (Fsp3) is 0. The quantitative estimate of drug-likeness (QED) is 0.165. The van der Waals surface area contributed by atoms with E-state index >= 15 is 0 Å². The van der Waals surface area contributed by atoms with Gasteiger partial charge in [-0.1, -0.05) is 164 Å². The lowest BCUT2D eigenvalue weighted by molar-refractivity contribution is 1.18. The van der Waals surface area contributed by atoms with Crippen LogP contribution in [0.3, 0.4) is 0 Å². The second-order valence-corrected chi connectivity index (χ2v) is 15.6. The molecule has 60 heavy (non-hydrogen) atoms. The van der Waals surface area contributed by atoms with E-state index in [0.717, 1.165) is 39.3 Å². The van der Waals surface area contributed by atoms with Crippen LogP contribution in [0.2, 0.25) is 0 Å². The summed E-state index contributed by atoms with van der Waals surface area (Å²) in [6.07, 6.45) is 0. The van der Waals surface area contributed by atoms with E-state index in [9.17, 15) is 0 Å². The average molecular weight is 764 g/mol. The highest BCUT2D eigenvalue weighted by Crippen LogP contribution is 2.40. The van der Waals surface area contributed by atoms with Gasteiger partial charge < -0.3 is 9.13 Å². The second kappa shape index (κ2) is 13.8. The van der Waals surface area contributed by atoms with Crippen molar-refractivity contribution in [3.8, 4) is 56.1 Å². The fourth-order valence-corrected chi connectivity index (χ4v) is 9.28. The van der Waals surface area contributed by atoms with Crippen molar-refractivity contribution in [2.75, 3.05) is 0 Å². The summed E-state index contributed by atoms with van der Waals surface area (Å²) in [5, 5.41) is 7.44. The van der Waals surface area contributed by atoms with Gasteiger partial charge in [0.15, 0.2) is 0 Å². The highest BCUT2D eigenvalue weighted by atomic mass is 15.0. The number of benzene rings is 9. The van der Waals surface area contributed by atoms with Crippen LogP contribution < -0.4 is 0 Å². The SMILES string of the molecule is c1ccc(-c2cc(-c3cccc(-n4c5ccccc5c5ccc(-c6ccc7c(c6)c6ccccc6n7-c6cccc7ccccc67)cc54)c3)cc(-c3ccccc3)n2)cc1. The van der Waals surface area contributed by atoms with Crippen LogP contribution in [0, 0.1) is 0 Å². The van der Waals surface area contributed by atoms with E-state index in [1.54, 1.807) is 0 Å². The summed E-state index contributed by atoms with van der Waals surface area (Å²) in [6, 6.07) is 81.1. The smallest absolute Gasteiger partial charge is 0.0715 e. The number of para-hydroxylation sites is 2. The summed E-state index contributed by atoms with van der Waals surface area (Å²) >= 11 is 0. The molecular weight excluding hydrogens is 727 g/mol. The molecule has 0 unspecified atom stereocenters. The fourth-order valence-electron chi connectivity index (χ4n) is 9.28. The molecule has 12 aromatic rings. The van der Waals surface area contributed by atoms with E-state index < -0.39 is 0 Å². The van der Waals surface area contributed by atoms with E-state index in [-0.39, 0.29) is 0 Å². The number of fused-ring (bicyclic) bond motifs is 7. The molecule has 0 spiro atoms. The normalized spacial score (nSPS) is 11.7. The maximum absolute atomic E-state index is 5.15. The minimum absolute atomic E-state index is 0.955. The van der Waals surface area contributed by atoms with Crippen LogP contribution in [-0.4, -0.2) is 14.1 Å². The Morgan fingerprint density at radius 1 is 0.267 bits per heavy atom. The van der Waals surface area contributed by atoms with E-state index in [2.05, 4.69) is 234 Å². The predicted molar refractivity (Wildman–Crippen MR) is 252 cm³/mol. The molecule has 0 aliphatic heterocycles. The Morgan fingerprint density at radius 3 is 1.53 bits per heavy atom. The molecule has 0 saturated heterocycles. The van der Waals surface area contributed by atoms with Gasteiger partial charge in [-0.15, -0.1) is 0 Å². The minimum atomic E-state index is 0.955. The van der Waals surface area contributed by atoms with Crippen LogP contribution in [0.15, 0.2) is 224 Å². The van der Waals surface area contributed by atoms with Crippen molar-refractivity contribution in [3.63, 3.8) is 0 Å². The van der Waals surface area contributed by atoms with Crippen LogP contribution in [-0.2, 0) is 0 Å². The van der Waals surface area contributed by atoms with Crippen molar-refractivity contribution in [2.24, 2.45) is 0 Å². The van der Waals surface area contributed by atoms with Gasteiger partial charge in [0, 0.05) is 43.7 Å². The van der Waals surface area contributed by atoms with Gasteiger partial charge >= 0.3 is 0 Å². The van der Waals surface area contributed by atoms with Gasteiger partial charge in [-0.25, -0.2) is 4.98 Å². The van der Waals surface area contributed by atoms with Crippen molar-refractivity contribution >= 4 is 54.4 Å².